The minimum absolute atomic E-state index is 0.0782. The molecule has 0 N–H and O–H groups in total. The van der Waals surface area contributed by atoms with Crippen LogP contribution in [0.3, 0.4) is 0 Å². The van der Waals surface area contributed by atoms with Gasteiger partial charge in [0.2, 0.25) is 0 Å². The standard InChI is InChI=1S/C18H22O5S/c1-18(2,3)13-7-6-8-15(11-13)23-24(19,20)17-12-14(21-4)9-10-16(17)22-5/h6-12H,1-5H3. The smallest absolute Gasteiger partial charge is 0.343 e. The lowest BCUT2D eigenvalue weighted by Gasteiger charge is -2.19. The lowest BCUT2D eigenvalue weighted by molar-refractivity contribution is 0.388. The highest BCUT2D eigenvalue weighted by Crippen LogP contribution is 2.32. The van der Waals surface area contributed by atoms with Gasteiger partial charge in [0.1, 0.15) is 17.2 Å². The molecule has 6 heteroatoms. The minimum Gasteiger partial charge on any atom is -0.497 e. The average Bonchev–Trinajstić information content (AvgIpc) is 2.53. The van der Waals surface area contributed by atoms with Crippen LogP contribution in [0.2, 0.25) is 0 Å². The predicted molar refractivity (Wildman–Crippen MR) is 92.5 cm³/mol. The summed E-state index contributed by atoms with van der Waals surface area (Å²) in [6, 6.07) is 11.6. The van der Waals surface area contributed by atoms with Gasteiger partial charge in [0.15, 0.2) is 4.90 Å². The van der Waals surface area contributed by atoms with E-state index in [-0.39, 0.29) is 21.8 Å². The molecule has 0 spiro atoms. The minimum atomic E-state index is -4.06. The van der Waals surface area contributed by atoms with E-state index in [1.165, 1.54) is 26.4 Å². The summed E-state index contributed by atoms with van der Waals surface area (Å²) in [6.07, 6.45) is 0. The van der Waals surface area contributed by atoms with Crippen molar-refractivity contribution in [3.8, 4) is 17.2 Å². The van der Waals surface area contributed by atoms with Gasteiger partial charge in [0, 0.05) is 6.07 Å². The Hall–Kier alpha value is -2.21. The Labute approximate surface area is 143 Å². The first-order valence-electron chi connectivity index (χ1n) is 7.44. The van der Waals surface area contributed by atoms with Gasteiger partial charge < -0.3 is 13.7 Å². The quantitative estimate of drug-likeness (QED) is 0.768. The fourth-order valence-electron chi connectivity index (χ4n) is 2.17. The van der Waals surface area contributed by atoms with Crippen molar-refractivity contribution in [2.45, 2.75) is 31.1 Å². The molecule has 0 radical (unpaired) electrons. The van der Waals surface area contributed by atoms with E-state index < -0.39 is 10.1 Å². The van der Waals surface area contributed by atoms with Gasteiger partial charge in [0.05, 0.1) is 14.2 Å². The Morgan fingerprint density at radius 2 is 1.58 bits per heavy atom. The second-order valence-electron chi connectivity index (χ2n) is 6.33. The molecule has 24 heavy (non-hydrogen) atoms. The van der Waals surface area contributed by atoms with Crippen LogP contribution in [0, 0.1) is 0 Å². The van der Waals surface area contributed by atoms with Crippen molar-refractivity contribution >= 4 is 10.1 Å². The van der Waals surface area contributed by atoms with Crippen LogP contribution in [0.4, 0.5) is 0 Å². The van der Waals surface area contributed by atoms with Crippen LogP contribution < -0.4 is 13.7 Å². The second-order valence-corrected chi connectivity index (χ2v) is 7.85. The fraction of sp³-hybridized carbons (Fsp3) is 0.333. The zero-order valence-corrected chi connectivity index (χ0v) is 15.3. The molecule has 0 heterocycles. The molecule has 5 nitrogen and oxygen atoms in total. The van der Waals surface area contributed by atoms with Crippen molar-refractivity contribution in [2.24, 2.45) is 0 Å². The van der Waals surface area contributed by atoms with Crippen LogP contribution in [0.25, 0.3) is 0 Å². The summed E-state index contributed by atoms with van der Waals surface area (Å²) in [4.78, 5) is -0.0782. The van der Waals surface area contributed by atoms with Crippen molar-refractivity contribution in [3.05, 3.63) is 48.0 Å². The molecule has 2 aromatic rings. The molecule has 0 atom stereocenters. The van der Waals surface area contributed by atoms with Gasteiger partial charge in [-0.3, -0.25) is 0 Å². The maximum Gasteiger partial charge on any atom is 0.343 e. The molecule has 0 unspecified atom stereocenters. The third-order valence-corrected chi connectivity index (χ3v) is 4.82. The number of hydrogen-bond donors (Lipinski definition) is 0. The second kappa shape index (κ2) is 6.73. The Bertz CT molecular complexity index is 820. The molecular weight excluding hydrogens is 328 g/mol. The van der Waals surface area contributed by atoms with Crippen molar-refractivity contribution in [3.63, 3.8) is 0 Å². The SMILES string of the molecule is COc1ccc(OC)c(S(=O)(=O)Oc2cccc(C(C)(C)C)c2)c1. The molecule has 2 rings (SSSR count). The van der Waals surface area contributed by atoms with E-state index in [0.717, 1.165) is 5.56 Å². The van der Waals surface area contributed by atoms with Gasteiger partial charge in [-0.1, -0.05) is 32.9 Å². The molecule has 0 aliphatic carbocycles. The number of ether oxygens (including phenoxy) is 2. The summed E-state index contributed by atoms with van der Waals surface area (Å²) >= 11 is 0. The maximum atomic E-state index is 12.7. The zero-order chi connectivity index (χ0) is 18.0. The third-order valence-electron chi connectivity index (χ3n) is 3.55. The van der Waals surface area contributed by atoms with E-state index in [1.807, 2.05) is 26.8 Å². The molecule has 0 saturated heterocycles. The van der Waals surface area contributed by atoms with Crippen LogP contribution in [0.1, 0.15) is 26.3 Å². The Morgan fingerprint density at radius 1 is 0.875 bits per heavy atom. The van der Waals surface area contributed by atoms with Gasteiger partial charge in [-0.05, 0) is 35.2 Å². The summed E-state index contributed by atoms with van der Waals surface area (Å²) in [5, 5.41) is 0. The maximum absolute atomic E-state index is 12.7. The van der Waals surface area contributed by atoms with Crippen LogP contribution in [0.15, 0.2) is 47.4 Å². The number of hydrogen-bond acceptors (Lipinski definition) is 5. The van der Waals surface area contributed by atoms with Crippen LogP contribution in [0.5, 0.6) is 17.2 Å². The molecule has 130 valence electrons. The molecule has 2 aromatic carbocycles. The van der Waals surface area contributed by atoms with E-state index in [1.54, 1.807) is 24.3 Å². The number of methoxy groups -OCH3 is 2. The summed E-state index contributed by atoms with van der Waals surface area (Å²) in [6.45, 7) is 6.14. The molecule has 0 aliphatic rings. The third kappa shape index (κ3) is 4.00. The van der Waals surface area contributed by atoms with Crippen molar-refractivity contribution in [2.75, 3.05) is 14.2 Å². The first-order valence-corrected chi connectivity index (χ1v) is 8.85. The molecule has 0 aliphatic heterocycles. The highest BCUT2D eigenvalue weighted by Gasteiger charge is 2.24. The average molecular weight is 350 g/mol. The van der Waals surface area contributed by atoms with Crippen LogP contribution >= 0.6 is 0 Å². The Kier molecular flexibility index (Phi) is 5.08. The molecule has 0 amide bonds. The highest BCUT2D eigenvalue weighted by molar-refractivity contribution is 7.87. The highest BCUT2D eigenvalue weighted by atomic mass is 32.2. The van der Waals surface area contributed by atoms with E-state index in [9.17, 15) is 8.42 Å². The summed E-state index contributed by atoms with van der Waals surface area (Å²) in [7, 11) is -1.19. The molecule has 0 bridgehead atoms. The molecular formula is C18H22O5S. The van der Waals surface area contributed by atoms with Crippen molar-refractivity contribution in [1.82, 2.24) is 0 Å². The van der Waals surface area contributed by atoms with Gasteiger partial charge in [0.25, 0.3) is 0 Å². The van der Waals surface area contributed by atoms with Gasteiger partial charge >= 0.3 is 10.1 Å². The monoisotopic (exact) mass is 350 g/mol. The topological polar surface area (TPSA) is 61.8 Å². The largest absolute Gasteiger partial charge is 0.497 e. The molecule has 0 aromatic heterocycles. The van der Waals surface area contributed by atoms with Gasteiger partial charge in [-0.2, -0.15) is 8.42 Å². The number of benzene rings is 2. The summed E-state index contributed by atoms with van der Waals surface area (Å²) in [5.74, 6) is 0.858. The lowest BCUT2D eigenvalue weighted by atomic mass is 9.87. The first-order chi connectivity index (χ1) is 11.2. The van der Waals surface area contributed by atoms with Crippen molar-refractivity contribution in [1.29, 1.82) is 0 Å². The summed E-state index contributed by atoms with van der Waals surface area (Å²) < 4.78 is 40.8. The van der Waals surface area contributed by atoms with E-state index in [4.69, 9.17) is 13.7 Å². The van der Waals surface area contributed by atoms with E-state index in [0.29, 0.717) is 5.75 Å². The zero-order valence-electron chi connectivity index (χ0n) is 14.5. The Balaban J connectivity index is 2.42. The fourth-order valence-corrected chi connectivity index (χ4v) is 3.27. The van der Waals surface area contributed by atoms with Gasteiger partial charge in [-0.25, -0.2) is 0 Å². The Morgan fingerprint density at radius 3 is 2.17 bits per heavy atom. The lowest BCUT2D eigenvalue weighted by Crippen LogP contribution is -2.14. The van der Waals surface area contributed by atoms with Gasteiger partial charge in [-0.15, -0.1) is 0 Å². The molecule has 0 fully saturated rings. The normalized spacial score (nSPS) is 11.9. The van der Waals surface area contributed by atoms with E-state index in [2.05, 4.69) is 0 Å². The number of rotatable bonds is 5. The van der Waals surface area contributed by atoms with Crippen LogP contribution in [-0.2, 0) is 15.5 Å². The van der Waals surface area contributed by atoms with Crippen LogP contribution in [-0.4, -0.2) is 22.6 Å². The predicted octanol–water partition coefficient (Wildman–Crippen LogP) is 3.77. The van der Waals surface area contributed by atoms with E-state index >= 15 is 0 Å². The van der Waals surface area contributed by atoms with Crippen molar-refractivity contribution < 1.29 is 22.1 Å². The first kappa shape index (κ1) is 18.1. The summed E-state index contributed by atoms with van der Waals surface area (Å²) in [5.41, 5.74) is 0.865. The molecule has 0 saturated carbocycles.